The standard InChI is InChI=1S/C21H18N2O/c1-3-9-16(10-4-1)20-21(17-11-5-2-6-12-17)24-19(23-20)15-18-13-7-8-14-22-18/h1-14,20-21H,15H2/t20-,21+/m0/s1. The van der Waals surface area contributed by atoms with Crippen LogP contribution in [0.25, 0.3) is 0 Å². The summed E-state index contributed by atoms with van der Waals surface area (Å²) in [7, 11) is 0. The zero-order chi connectivity index (χ0) is 16.2. The van der Waals surface area contributed by atoms with E-state index in [1.165, 1.54) is 5.56 Å². The van der Waals surface area contributed by atoms with Crippen molar-refractivity contribution in [1.29, 1.82) is 0 Å². The lowest BCUT2D eigenvalue weighted by Gasteiger charge is -2.18. The summed E-state index contributed by atoms with van der Waals surface area (Å²) in [5.41, 5.74) is 3.28. The van der Waals surface area contributed by atoms with Crippen molar-refractivity contribution in [3.63, 3.8) is 0 Å². The van der Waals surface area contributed by atoms with Gasteiger partial charge in [-0.1, -0.05) is 66.7 Å². The Morgan fingerprint density at radius 2 is 1.42 bits per heavy atom. The normalized spacial score (nSPS) is 19.6. The van der Waals surface area contributed by atoms with Gasteiger partial charge in [-0.15, -0.1) is 0 Å². The number of hydrogen-bond acceptors (Lipinski definition) is 3. The third-order valence-corrected chi connectivity index (χ3v) is 4.16. The molecular formula is C21H18N2O. The van der Waals surface area contributed by atoms with Crippen LogP contribution in [-0.4, -0.2) is 10.9 Å². The van der Waals surface area contributed by atoms with Crippen LogP contribution in [0.1, 0.15) is 29.0 Å². The molecule has 1 aliphatic heterocycles. The van der Waals surface area contributed by atoms with Gasteiger partial charge in [0.15, 0.2) is 12.0 Å². The van der Waals surface area contributed by atoms with Crippen LogP contribution in [0.4, 0.5) is 0 Å². The molecule has 2 atom stereocenters. The van der Waals surface area contributed by atoms with Crippen molar-refractivity contribution in [1.82, 2.24) is 4.98 Å². The van der Waals surface area contributed by atoms with E-state index in [9.17, 15) is 0 Å². The molecule has 3 heteroatoms. The average Bonchev–Trinajstić information content (AvgIpc) is 3.08. The summed E-state index contributed by atoms with van der Waals surface area (Å²) in [6.45, 7) is 0. The van der Waals surface area contributed by atoms with Gasteiger partial charge in [0.05, 0.1) is 6.42 Å². The molecule has 0 unspecified atom stereocenters. The Kier molecular flexibility index (Phi) is 4.07. The molecular weight excluding hydrogens is 296 g/mol. The molecule has 4 rings (SSSR count). The van der Waals surface area contributed by atoms with E-state index in [2.05, 4.69) is 29.2 Å². The predicted octanol–water partition coefficient (Wildman–Crippen LogP) is 4.54. The van der Waals surface area contributed by atoms with Crippen molar-refractivity contribution in [2.75, 3.05) is 0 Å². The van der Waals surface area contributed by atoms with E-state index in [1.54, 1.807) is 6.20 Å². The summed E-state index contributed by atoms with van der Waals surface area (Å²) in [5.74, 6) is 0.747. The molecule has 0 N–H and O–H groups in total. The van der Waals surface area contributed by atoms with Crippen LogP contribution in [0.2, 0.25) is 0 Å². The van der Waals surface area contributed by atoms with E-state index < -0.39 is 0 Å². The number of ether oxygens (including phenoxy) is 1. The van der Waals surface area contributed by atoms with Gasteiger partial charge in [-0.3, -0.25) is 4.98 Å². The summed E-state index contributed by atoms with van der Waals surface area (Å²) in [5, 5.41) is 0. The first-order chi connectivity index (χ1) is 11.9. The smallest absolute Gasteiger partial charge is 0.190 e. The third kappa shape index (κ3) is 3.06. The number of nitrogens with zero attached hydrogens (tertiary/aromatic N) is 2. The van der Waals surface area contributed by atoms with Crippen LogP contribution in [0, 0.1) is 0 Å². The quantitative estimate of drug-likeness (QED) is 0.709. The highest BCUT2D eigenvalue weighted by molar-refractivity contribution is 5.80. The van der Waals surface area contributed by atoms with Crippen LogP contribution in [0.5, 0.6) is 0 Å². The molecule has 0 bridgehead atoms. The Labute approximate surface area is 141 Å². The fourth-order valence-corrected chi connectivity index (χ4v) is 3.00. The monoisotopic (exact) mass is 314 g/mol. The van der Waals surface area contributed by atoms with Crippen molar-refractivity contribution >= 4 is 5.90 Å². The number of benzene rings is 2. The average molecular weight is 314 g/mol. The lowest BCUT2D eigenvalue weighted by Crippen LogP contribution is -2.10. The van der Waals surface area contributed by atoms with Crippen molar-refractivity contribution in [2.24, 2.45) is 4.99 Å². The summed E-state index contributed by atoms with van der Waals surface area (Å²) in [4.78, 5) is 9.24. The summed E-state index contributed by atoms with van der Waals surface area (Å²) < 4.78 is 6.23. The Morgan fingerprint density at radius 1 is 0.750 bits per heavy atom. The SMILES string of the molecule is c1ccc([C@H]2OC(Cc3ccccn3)=N[C@H]2c2ccccc2)cc1. The van der Waals surface area contributed by atoms with Crippen molar-refractivity contribution < 1.29 is 4.74 Å². The first kappa shape index (κ1) is 14.6. The van der Waals surface area contributed by atoms with Crippen LogP contribution < -0.4 is 0 Å². The Hall–Kier alpha value is -2.94. The van der Waals surface area contributed by atoms with E-state index in [0.717, 1.165) is 17.2 Å². The largest absolute Gasteiger partial charge is 0.470 e. The molecule has 0 aliphatic carbocycles. The Balaban J connectivity index is 1.65. The number of aromatic nitrogens is 1. The molecule has 3 nitrogen and oxygen atoms in total. The number of hydrogen-bond donors (Lipinski definition) is 0. The van der Waals surface area contributed by atoms with Gasteiger partial charge in [0, 0.05) is 11.9 Å². The van der Waals surface area contributed by atoms with E-state index in [0.29, 0.717) is 6.42 Å². The lowest BCUT2D eigenvalue weighted by atomic mass is 9.97. The van der Waals surface area contributed by atoms with Gasteiger partial charge in [0.1, 0.15) is 6.04 Å². The summed E-state index contributed by atoms with van der Waals surface area (Å²) in [6, 6.07) is 26.5. The predicted molar refractivity (Wildman–Crippen MR) is 94.8 cm³/mol. The zero-order valence-corrected chi connectivity index (χ0v) is 13.2. The van der Waals surface area contributed by atoms with Gasteiger partial charge in [-0.2, -0.15) is 0 Å². The van der Waals surface area contributed by atoms with Gasteiger partial charge < -0.3 is 4.74 Å². The maximum absolute atomic E-state index is 6.23. The first-order valence-electron chi connectivity index (χ1n) is 8.13. The van der Waals surface area contributed by atoms with Crippen molar-refractivity contribution in [2.45, 2.75) is 18.6 Å². The highest BCUT2D eigenvalue weighted by atomic mass is 16.5. The minimum Gasteiger partial charge on any atom is -0.470 e. The van der Waals surface area contributed by atoms with Gasteiger partial charge in [0.25, 0.3) is 0 Å². The first-order valence-corrected chi connectivity index (χ1v) is 8.13. The molecule has 1 aliphatic rings. The second kappa shape index (κ2) is 6.67. The second-order valence-electron chi connectivity index (χ2n) is 5.83. The molecule has 2 aromatic carbocycles. The van der Waals surface area contributed by atoms with E-state index in [-0.39, 0.29) is 12.1 Å². The number of aliphatic imine (C=N–C) groups is 1. The summed E-state index contributed by atoms with van der Waals surface area (Å²) in [6.07, 6.45) is 2.33. The van der Waals surface area contributed by atoms with Gasteiger partial charge in [-0.25, -0.2) is 4.99 Å². The summed E-state index contributed by atoms with van der Waals surface area (Å²) >= 11 is 0. The molecule has 1 aromatic heterocycles. The Bertz CT molecular complexity index is 816. The maximum atomic E-state index is 6.23. The van der Waals surface area contributed by atoms with Crippen molar-refractivity contribution in [3.05, 3.63) is 102 Å². The fraction of sp³-hybridized carbons (Fsp3) is 0.143. The van der Waals surface area contributed by atoms with E-state index in [4.69, 9.17) is 9.73 Å². The molecule has 2 heterocycles. The zero-order valence-electron chi connectivity index (χ0n) is 13.2. The number of rotatable bonds is 4. The molecule has 0 spiro atoms. The molecule has 0 fully saturated rings. The maximum Gasteiger partial charge on any atom is 0.190 e. The van der Waals surface area contributed by atoms with Gasteiger partial charge in [-0.05, 0) is 23.3 Å². The van der Waals surface area contributed by atoms with Crippen molar-refractivity contribution in [3.8, 4) is 0 Å². The minimum absolute atomic E-state index is 0.0210. The highest BCUT2D eigenvalue weighted by Crippen LogP contribution is 2.40. The molecule has 0 saturated heterocycles. The van der Waals surface area contributed by atoms with Crippen LogP contribution in [0.3, 0.4) is 0 Å². The van der Waals surface area contributed by atoms with Crippen LogP contribution in [0.15, 0.2) is 90.1 Å². The topological polar surface area (TPSA) is 34.5 Å². The molecule has 0 radical (unpaired) electrons. The van der Waals surface area contributed by atoms with E-state index >= 15 is 0 Å². The molecule has 0 amide bonds. The van der Waals surface area contributed by atoms with Crippen LogP contribution >= 0.6 is 0 Å². The van der Waals surface area contributed by atoms with Crippen LogP contribution in [-0.2, 0) is 11.2 Å². The molecule has 118 valence electrons. The molecule has 24 heavy (non-hydrogen) atoms. The molecule has 0 saturated carbocycles. The highest BCUT2D eigenvalue weighted by Gasteiger charge is 2.33. The third-order valence-electron chi connectivity index (χ3n) is 4.16. The lowest BCUT2D eigenvalue weighted by molar-refractivity contribution is 0.193. The molecule has 3 aromatic rings. The minimum atomic E-state index is -0.0905. The van der Waals surface area contributed by atoms with E-state index in [1.807, 2.05) is 54.6 Å². The fourth-order valence-electron chi connectivity index (χ4n) is 3.00. The van der Waals surface area contributed by atoms with Gasteiger partial charge in [0.2, 0.25) is 0 Å². The number of pyridine rings is 1. The Morgan fingerprint density at radius 3 is 2.08 bits per heavy atom. The second-order valence-corrected chi connectivity index (χ2v) is 5.83. The van der Waals surface area contributed by atoms with Gasteiger partial charge >= 0.3 is 0 Å².